The summed E-state index contributed by atoms with van der Waals surface area (Å²) in [5.41, 5.74) is 3.75. The fraction of sp³-hybridized carbons (Fsp3) is 0.625. The van der Waals surface area contributed by atoms with E-state index in [1.54, 1.807) is 0 Å². The summed E-state index contributed by atoms with van der Waals surface area (Å²) in [6.45, 7) is 9.83. The molecule has 0 spiro atoms. The Morgan fingerprint density at radius 3 is 2.63 bits per heavy atom. The van der Waals surface area contributed by atoms with Gasteiger partial charge in [-0.05, 0) is 49.9 Å². The first-order valence-corrected chi connectivity index (χ1v) is 7.26. The number of nitrogens with one attached hydrogen (secondary N) is 1. The SMILES string of the molecule is CCNCc1cc(C)c(OCC2CCCO2)c(C)c1. The fourth-order valence-electron chi connectivity index (χ4n) is 2.59. The maximum absolute atomic E-state index is 5.97. The monoisotopic (exact) mass is 263 g/mol. The molecule has 0 amide bonds. The second-order valence-corrected chi connectivity index (χ2v) is 5.29. The molecule has 2 rings (SSSR count). The fourth-order valence-corrected chi connectivity index (χ4v) is 2.59. The van der Waals surface area contributed by atoms with Gasteiger partial charge >= 0.3 is 0 Å². The summed E-state index contributed by atoms with van der Waals surface area (Å²) < 4.78 is 11.6. The second-order valence-electron chi connectivity index (χ2n) is 5.29. The molecule has 0 bridgehead atoms. The van der Waals surface area contributed by atoms with Gasteiger partial charge in [0, 0.05) is 13.2 Å². The van der Waals surface area contributed by atoms with Gasteiger partial charge in [0.1, 0.15) is 12.4 Å². The van der Waals surface area contributed by atoms with Crippen LogP contribution in [-0.4, -0.2) is 25.9 Å². The molecule has 0 aliphatic carbocycles. The summed E-state index contributed by atoms with van der Waals surface area (Å²) in [6, 6.07) is 4.42. The Morgan fingerprint density at radius 2 is 2.05 bits per heavy atom. The van der Waals surface area contributed by atoms with E-state index in [-0.39, 0.29) is 6.10 Å². The number of rotatable bonds is 6. The van der Waals surface area contributed by atoms with Crippen molar-refractivity contribution in [3.05, 3.63) is 28.8 Å². The van der Waals surface area contributed by atoms with Crippen LogP contribution in [0, 0.1) is 13.8 Å². The molecule has 19 heavy (non-hydrogen) atoms. The molecule has 1 aromatic carbocycles. The Balaban J connectivity index is 1.99. The van der Waals surface area contributed by atoms with E-state index in [1.807, 2.05) is 0 Å². The first-order chi connectivity index (χ1) is 9.20. The molecular weight excluding hydrogens is 238 g/mol. The van der Waals surface area contributed by atoms with Crippen LogP contribution in [0.5, 0.6) is 5.75 Å². The molecule has 1 atom stereocenters. The van der Waals surface area contributed by atoms with Crippen LogP contribution in [0.15, 0.2) is 12.1 Å². The van der Waals surface area contributed by atoms with E-state index in [1.165, 1.54) is 16.7 Å². The van der Waals surface area contributed by atoms with Crippen molar-refractivity contribution < 1.29 is 9.47 Å². The number of benzene rings is 1. The van der Waals surface area contributed by atoms with Gasteiger partial charge in [0.2, 0.25) is 0 Å². The van der Waals surface area contributed by atoms with Gasteiger partial charge in [-0.25, -0.2) is 0 Å². The highest BCUT2D eigenvalue weighted by molar-refractivity contribution is 5.43. The first-order valence-electron chi connectivity index (χ1n) is 7.26. The lowest BCUT2D eigenvalue weighted by atomic mass is 10.1. The lowest BCUT2D eigenvalue weighted by Crippen LogP contribution is -2.17. The maximum Gasteiger partial charge on any atom is 0.125 e. The van der Waals surface area contributed by atoms with Crippen LogP contribution in [-0.2, 0) is 11.3 Å². The number of aryl methyl sites for hydroxylation is 2. The van der Waals surface area contributed by atoms with Gasteiger partial charge < -0.3 is 14.8 Å². The van der Waals surface area contributed by atoms with Crippen LogP contribution in [0.4, 0.5) is 0 Å². The highest BCUT2D eigenvalue weighted by atomic mass is 16.5. The standard InChI is InChI=1S/C16H25NO2/c1-4-17-10-14-8-12(2)16(13(3)9-14)19-11-15-6-5-7-18-15/h8-9,15,17H,4-7,10-11H2,1-3H3. The van der Waals surface area contributed by atoms with Gasteiger partial charge in [-0.2, -0.15) is 0 Å². The van der Waals surface area contributed by atoms with Crippen molar-refractivity contribution in [2.75, 3.05) is 19.8 Å². The van der Waals surface area contributed by atoms with Crippen molar-refractivity contribution in [3.63, 3.8) is 0 Å². The number of hydrogen-bond donors (Lipinski definition) is 1. The number of ether oxygens (including phenoxy) is 2. The molecular formula is C16H25NO2. The third-order valence-corrected chi connectivity index (χ3v) is 3.54. The van der Waals surface area contributed by atoms with Crippen LogP contribution < -0.4 is 10.1 Å². The first kappa shape index (κ1) is 14.4. The van der Waals surface area contributed by atoms with Crippen LogP contribution in [0.1, 0.15) is 36.5 Å². The normalized spacial score (nSPS) is 18.8. The summed E-state index contributed by atoms with van der Waals surface area (Å²) in [4.78, 5) is 0. The Labute approximate surface area is 116 Å². The van der Waals surface area contributed by atoms with Crippen molar-refractivity contribution in [1.29, 1.82) is 0 Å². The van der Waals surface area contributed by atoms with Crippen LogP contribution in [0.2, 0.25) is 0 Å². The van der Waals surface area contributed by atoms with Crippen molar-refractivity contribution in [2.24, 2.45) is 0 Å². The molecule has 0 saturated carbocycles. The minimum atomic E-state index is 0.278. The van der Waals surface area contributed by atoms with Gasteiger partial charge in [-0.1, -0.05) is 19.1 Å². The molecule has 1 N–H and O–H groups in total. The predicted octanol–water partition coefficient (Wildman–Crippen LogP) is 2.97. The molecule has 1 aromatic rings. The van der Waals surface area contributed by atoms with Crippen molar-refractivity contribution >= 4 is 0 Å². The molecule has 3 nitrogen and oxygen atoms in total. The second kappa shape index (κ2) is 6.92. The van der Waals surface area contributed by atoms with Crippen molar-refractivity contribution in [2.45, 2.75) is 46.3 Å². The summed E-state index contributed by atoms with van der Waals surface area (Å²) in [7, 11) is 0. The summed E-state index contributed by atoms with van der Waals surface area (Å²) in [5.74, 6) is 1.02. The number of hydrogen-bond acceptors (Lipinski definition) is 3. The molecule has 1 aliphatic heterocycles. The average Bonchev–Trinajstić information content (AvgIpc) is 2.88. The molecule has 1 heterocycles. The zero-order valence-corrected chi connectivity index (χ0v) is 12.3. The van der Waals surface area contributed by atoms with Gasteiger partial charge in [0.05, 0.1) is 6.10 Å². The van der Waals surface area contributed by atoms with Crippen molar-refractivity contribution in [3.8, 4) is 5.75 Å². The van der Waals surface area contributed by atoms with Crippen LogP contribution in [0.3, 0.4) is 0 Å². The highest BCUT2D eigenvalue weighted by Gasteiger charge is 2.17. The van der Waals surface area contributed by atoms with Crippen LogP contribution in [0.25, 0.3) is 0 Å². The maximum atomic E-state index is 5.97. The largest absolute Gasteiger partial charge is 0.490 e. The third kappa shape index (κ3) is 3.95. The molecule has 106 valence electrons. The quantitative estimate of drug-likeness (QED) is 0.856. The summed E-state index contributed by atoms with van der Waals surface area (Å²) >= 11 is 0. The predicted molar refractivity (Wildman–Crippen MR) is 77.8 cm³/mol. The van der Waals surface area contributed by atoms with Crippen LogP contribution >= 0.6 is 0 Å². The minimum Gasteiger partial charge on any atom is -0.490 e. The average molecular weight is 263 g/mol. The van der Waals surface area contributed by atoms with Gasteiger partial charge in [0.25, 0.3) is 0 Å². The molecule has 1 unspecified atom stereocenters. The van der Waals surface area contributed by atoms with Gasteiger partial charge in [-0.3, -0.25) is 0 Å². The third-order valence-electron chi connectivity index (χ3n) is 3.54. The van der Waals surface area contributed by atoms with E-state index in [0.717, 1.165) is 38.3 Å². The molecule has 0 aromatic heterocycles. The van der Waals surface area contributed by atoms with Gasteiger partial charge in [-0.15, -0.1) is 0 Å². The summed E-state index contributed by atoms with van der Waals surface area (Å²) in [5, 5.41) is 3.35. The molecule has 1 saturated heterocycles. The minimum absolute atomic E-state index is 0.278. The molecule has 1 aliphatic rings. The topological polar surface area (TPSA) is 30.5 Å². The zero-order valence-electron chi connectivity index (χ0n) is 12.3. The van der Waals surface area contributed by atoms with Crippen molar-refractivity contribution in [1.82, 2.24) is 5.32 Å². The zero-order chi connectivity index (χ0) is 13.7. The van der Waals surface area contributed by atoms with E-state index >= 15 is 0 Å². The lowest BCUT2D eigenvalue weighted by molar-refractivity contribution is 0.0675. The van der Waals surface area contributed by atoms with E-state index in [9.17, 15) is 0 Å². The summed E-state index contributed by atoms with van der Waals surface area (Å²) in [6.07, 6.45) is 2.56. The highest BCUT2D eigenvalue weighted by Crippen LogP contribution is 2.26. The van der Waals surface area contributed by atoms with E-state index in [4.69, 9.17) is 9.47 Å². The smallest absolute Gasteiger partial charge is 0.125 e. The van der Waals surface area contributed by atoms with E-state index in [0.29, 0.717) is 6.61 Å². The Kier molecular flexibility index (Phi) is 5.23. The Bertz CT molecular complexity index is 388. The molecule has 3 heteroatoms. The molecule has 0 radical (unpaired) electrons. The van der Waals surface area contributed by atoms with E-state index in [2.05, 4.69) is 38.2 Å². The molecule has 1 fully saturated rings. The Hall–Kier alpha value is -1.06. The van der Waals surface area contributed by atoms with E-state index < -0.39 is 0 Å². The Morgan fingerprint density at radius 1 is 1.32 bits per heavy atom. The van der Waals surface area contributed by atoms with Gasteiger partial charge in [0.15, 0.2) is 0 Å². The lowest BCUT2D eigenvalue weighted by Gasteiger charge is -2.16.